The van der Waals surface area contributed by atoms with Gasteiger partial charge in [0.2, 0.25) is 0 Å². The van der Waals surface area contributed by atoms with E-state index in [-0.39, 0.29) is 17.4 Å². The lowest BCUT2D eigenvalue weighted by Gasteiger charge is -2.10. The van der Waals surface area contributed by atoms with Crippen molar-refractivity contribution in [2.75, 3.05) is 10.6 Å². The summed E-state index contributed by atoms with van der Waals surface area (Å²) in [6, 6.07) is 13.8. The van der Waals surface area contributed by atoms with Crippen LogP contribution in [0, 0.1) is 6.92 Å². The summed E-state index contributed by atoms with van der Waals surface area (Å²) in [6.45, 7) is 3.36. The smallest absolute Gasteiger partial charge is 0.274 e. The normalized spacial score (nSPS) is 10.3. The highest BCUT2D eigenvalue weighted by Crippen LogP contribution is 2.21. The molecule has 0 aliphatic heterocycles. The molecule has 0 atom stereocenters. The Hall–Kier alpha value is -3.25. The number of hydrogen-bond acceptors (Lipinski definition) is 5. The van der Waals surface area contributed by atoms with Crippen LogP contribution < -0.4 is 10.6 Å². The first-order valence-corrected chi connectivity index (χ1v) is 8.58. The number of nitrogens with one attached hydrogen (secondary N) is 2. The predicted molar refractivity (Wildman–Crippen MR) is 106 cm³/mol. The van der Waals surface area contributed by atoms with E-state index >= 15 is 0 Å². The van der Waals surface area contributed by atoms with Crippen LogP contribution in [-0.2, 0) is 0 Å². The number of hydrogen-bond donors (Lipinski definition) is 2. The van der Waals surface area contributed by atoms with E-state index in [1.165, 1.54) is 13.3 Å². The van der Waals surface area contributed by atoms with E-state index in [2.05, 4.69) is 20.6 Å². The highest BCUT2D eigenvalue weighted by molar-refractivity contribution is 6.30. The van der Waals surface area contributed by atoms with Crippen LogP contribution in [-0.4, -0.2) is 21.7 Å². The number of Topliss-reactive ketones (excluding diaryl/α,β-unsaturated/α-hetero) is 1. The number of halogens is 1. The van der Waals surface area contributed by atoms with Crippen molar-refractivity contribution >= 4 is 40.5 Å². The van der Waals surface area contributed by atoms with Gasteiger partial charge in [0.15, 0.2) is 5.78 Å². The minimum atomic E-state index is -0.358. The zero-order valence-electron chi connectivity index (χ0n) is 14.8. The van der Waals surface area contributed by atoms with Crippen molar-refractivity contribution in [1.82, 2.24) is 9.97 Å². The van der Waals surface area contributed by atoms with Gasteiger partial charge in [-0.2, -0.15) is 0 Å². The number of nitrogens with zero attached hydrogens (tertiary/aromatic N) is 2. The molecule has 3 rings (SSSR count). The SMILES string of the molecule is CC(=O)c1cccc(Nc2cc(C(=O)Nc3ccc(Cl)cc3C)ncn2)c1. The number of rotatable bonds is 5. The van der Waals surface area contributed by atoms with Crippen LogP contribution in [0.4, 0.5) is 17.2 Å². The Morgan fingerprint density at radius 1 is 1.04 bits per heavy atom. The van der Waals surface area contributed by atoms with Gasteiger partial charge in [0.25, 0.3) is 5.91 Å². The first-order valence-electron chi connectivity index (χ1n) is 8.20. The van der Waals surface area contributed by atoms with Gasteiger partial charge in [-0.15, -0.1) is 0 Å². The van der Waals surface area contributed by atoms with Crippen LogP contribution in [0.3, 0.4) is 0 Å². The summed E-state index contributed by atoms with van der Waals surface area (Å²) < 4.78 is 0. The van der Waals surface area contributed by atoms with Crippen LogP contribution in [0.2, 0.25) is 5.02 Å². The fourth-order valence-corrected chi connectivity index (χ4v) is 2.69. The molecular formula is C20H17ClN4O2. The molecule has 3 aromatic rings. The van der Waals surface area contributed by atoms with Crippen molar-refractivity contribution in [2.45, 2.75) is 13.8 Å². The van der Waals surface area contributed by atoms with Gasteiger partial charge in [-0.1, -0.05) is 23.7 Å². The molecule has 7 heteroatoms. The third kappa shape index (κ3) is 4.68. The van der Waals surface area contributed by atoms with E-state index < -0.39 is 0 Å². The molecule has 1 aromatic heterocycles. The number of aromatic nitrogens is 2. The topological polar surface area (TPSA) is 84.0 Å². The van der Waals surface area contributed by atoms with E-state index in [1.54, 1.807) is 42.5 Å². The number of carbonyl (C=O) groups excluding carboxylic acids is 2. The monoisotopic (exact) mass is 380 g/mol. The molecule has 0 aliphatic rings. The lowest BCUT2D eigenvalue weighted by atomic mass is 10.1. The molecule has 1 heterocycles. The van der Waals surface area contributed by atoms with Crippen LogP contribution >= 0.6 is 11.6 Å². The van der Waals surface area contributed by atoms with Gasteiger partial charge in [0.1, 0.15) is 17.8 Å². The molecule has 0 fully saturated rings. The fourth-order valence-electron chi connectivity index (χ4n) is 2.47. The summed E-state index contributed by atoms with van der Waals surface area (Å²) in [5.74, 6) is 0.0618. The Morgan fingerprint density at radius 2 is 1.85 bits per heavy atom. The molecule has 0 radical (unpaired) electrons. The van der Waals surface area contributed by atoms with Crippen LogP contribution in [0.15, 0.2) is 54.9 Å². The molecule has 1 amide bonds. The molecule has 0 bridgehead atoms. The van der Waals surface area contributed by atoms with E-state index in [4.69, 9.17) is 11.6 Å². The molecule has 0 aliphatic carbocycles. The van der Waals surface area contributed by atoms with Crippen LogP contribution in [0.25, 0.3) is 0 Å². The highest BCUT2D eigenvalue weighted by atomic mass is 35.5. The van der Waals surface area contributed by atoms with E-state index in [9.17, 15) is 9.59 Å². The Bertz CT molecular complexity index is 1020. The summed E-state index contributed by atoms with van der Waals surface area (Å²) >= 11 is 5.94. The molecule has 136 valence electrons. The van der Waals surface area contributed by atoms with Gasteiger partial charge >= 0.3 is 0 Å². The number of aryl methyl sites for hydroxylation is 1. The van der Waals surface area contributed by atoms with Gasteiger partial charge in [-0.3, -0.25) is 9.59 Å². The first-order chi connectivity index (χ1) is 12.9. The van der Waals surface area contributed by atoms with Crippen molar-refractivity contribution in [1.29, 1.82) is 0 Å². The summed E-state index contributed by atoms with van der Waals surface area (Å²) in [6.07, 6.45) is 1.31. The third-order valence-electron chi connectivity index (χ3n) is 3.88. The maximum atomic E-state index is 12.5. The van der Waals surface area contributed by atoms with Crippen molar-refractivity contribution < 1.29 is 9.59 Å². The van der Waals surface area contributed by atoms with E-state index in [1.807, 2.05) is 13.0 Å². The molecule has 0 saturated carbocycles. The Kier molecular flexibility index (Phi) is 5.47. The summed E-state index contributed by atoms with van der Waals surface area (Å²) in [5, 5.41) is 6.49. The lowest BCUT2D eigenvalue weighted by Crippen LogP contribution is -2.15. The molecule has 2 N–H and O–H groups in total. The average molecular weight is 381 g/mol. The number of anilines is 3. The Balaban J connectivity index is 1.77. The van der Waals surface area contributed by atoms with Crippen molar-refractivity contribution in [3.05, 3.63) is 76.7 Å². The van der Waals surface area contributed by atoms with Crippen LogP contribution in [0.5, 0.6) is 0 Å². The Morgan fingerprint density at radius 3 is 2.59 bits per heavy atom. The largest absolute Gasteiger partial charge is 0.340 e. The van der Waals surface area contributed by atoms with Crippen LogP contribution in [0.1, 0.15) is 33.3 Å². The second-order valence-electron chi connectivity index (χ2n) is 5.96. The first kappa shape index (κ1) is 18.5. The van der Waals surface area contributed by atoms with E-state index in [0.29, 0.717) is 27.8 Å². The summed E-state index contributed by atoms with van der Waals surface area (Å²) in [5.41, 5.74) is 3.01. The molecule has 27 heavy (non-hydrogen) atoms. The van der Waals surface area contributed by atoms with Gasteiger partial charge < -0.3 is 10.6 Å². The second-order valence-corrected chi connectivity index (χ2v) is 6.40. The second kappa shape index (κ2) is 7.97. The summed E-state index contributed by atoms with van der Waals surface area (Å²) in [4.78, 5) is 32.1. The standard InChI is InChI=1S/C20H17ClN4O2/c1-12-8-15(21)6-7-17(12)25-20(27)18-10-19(23-11-22-18)24-16-5-3-4-14(9-16)13(2)26/h3-11H,1-2H3,(H,25,27)(H,22,23,24). The zero-order chi connectivity index (χ0) is 19.4. The molecular weight excluding hydrogens is 364 g/mol. The van der Waals surface area contributed by atoms with E-state index in [0.717, 1.165) is 5.56 Å². The number of benzene rings is 2. The summed E-state index contributed by atoms with van der Waals surface area (Å²) in [7, 11) is 0. The minimum absolute atomic E-state index is 0.0280. The molecule has 0 spiro atoms. The average Bonchev–Trinajstić information content (AvgIpc) is 2.64. The Labute approximate surface area is 161 Å². The van der Waals surface area contributed by atoms with Gasteiger partial charge in [-0.25, -0.2) is 9.97 Å². The van der Waals surface area contributed by atoms with Gasteiger partial charge in [0, 0.05) is 28.0 Å². The maximum absolute atomic E-state index is 12.5. The zero-order valence-corrected chi connectivity index (χ0v) is 15.5. The molecule has 0 unspecified atom stereocenters. The number of ketones is 1. The number of carbonyl (C=O) groups is 2. The molecule has 0 saturated heterocycles. The number of amides is 1. The molecule has 6 nitrogen and oxygen atoms in total. The predicted octanol–water partition coefficient (Wildman–Crippen LogP) is 4.64. The van der Waals surface area contributed by atoms with Crippen molar-refractivity contribution in [2.24, 2.45) is 0 Å². The van der Waals surface area contributed by atoms with Crippen molar-refractivity contribution in [3.63, 3.8) is 0 Å². The van der Waals surface area contributed by atoms with Gasteiger partial charge in [-0.05, 0) is 49.7 Å². The lowest BCUT2D eigenvalue weighted by molar-refractivity contribution is 0.101. The van der Waals surface area contributed by atoms with Gasteiger partial charge in [0.05, 0.1) is 0 Å². The van der Waals surface area contributed by atoms with Crippen molar-refractivity contribution in [3.8, 4) is 0 Å². The quantitative estimate of drug-likeness (QED) is 0.630. The highest BCUT2D eigenvalue weighted by Gasteiger charge is 2.11. The minimum Gasteiger partial charge on any atom is -0.340 e. The maximum Gasteiger partial charge on any atom is 0.274 e. The third-order valence-corrected chi connectivity index (χ3v) is 4.11. The fraction of sp³-hybridized carbons (Fsp3) is 0.100. The molecule has 2 aromatic carbocycles.